The van der Waals surface area contributed by atoms with Crippen LogP contribution in [0.3, 0.4) is 0 Å². The Hall–Kier alpha value is -2.41. The van der Waals surface area contributed by atoms with Crippen molar-refractivity contribution in [3.8, 4) is 5.75 Å². The molecule has 0 aromatic heterocycles. The van der Waals surface area contributed by atoms with Crippen LogP contribution in [-0.2, 0) is 0 Å². The van der Waals surface area contributed by atoms with E-state index >= 15 is 0 Å². The lowest BCUT2D eigenvalue weighted by atomic mass is 9.74. The van der Waals surface area contributed by atoms with Crippen LogP contribution in [-0.4, -0.2) is 52.4 Å². The summed E-state index contributed by atoms with van der Waals surface area (Å²) in [5.41, 5.74) is 6.59. The minimum Gasteiger partial charge on any atom is -0.494 e. The lowest BCUT2D eigenvalue weighted by molar-refractivity contribution is -0.0612. The van der Waals surface area contributed by atoms with Crippen LogP contribution in [0.5, 0.6) is 5.75 Å². The van der Waals surface area contributed by atoms with Crippen molar-refractivity contribution in [2.45, 2.75) is 63.3 Å². The highest BCUT2D eigenvalue weighted by Gasteiger charge is 2.57. The molecule has 6 nitrogen and oxygen atoms in total. The third-order valence-electron chi connectivity index (χ3n) is 7.20. The van der Waals surface area contributed by atoms with Crippen molar-refractivity contribution in [3.05, 3.63) is 65.7 Å². The first-order valence-corrected chi connectivity index (χ1v) is 11.6. The molecule has 1 heterocycles. The number of aliphatic hydroxyl groups is 2. The summed E-state index contributed by atoms with van der Waals surface area (Å²) in [5.74, 6) is 0.583. The number of hydrogen-bond acceptors (Lipinski definition) is 5. The minimum absolute atomic E-state index is 0.0690. The summed E-state index contributed by atoms with van der Waals surface area (Å²) in [6.45, 7) is 3.08. The Morgan fingerprint density at radius 1 is 1.16 bits per heavy atom. The van der Waals surface area contributed by atoms with Crippen LogP contribution in [0.1, 0.15) is 61.0 Å². The molecule has 1 aliphatic carbocycles. The number of hydrogen-bond donors (Lipinski definition) is 3. The van der Waals surface area contributed by atoms with Gasteiger partial charge >= 0.3 is 0 Å². The van der Waals surface area contributed by atoms with Gasteiger partial charge in [-0.15, -0.1) is 0 Å². The molecule has 1 saturated heterocycles. The van der Waals surface area contributed by atoms with E-state index in [1.54, 1.807) is 6.07 Å². The zero-order valence-electron chi connectivity index (χ0n) is 18.7. The van der Waals surface area contributed by atoms with Gasteiger partial charge in [-0.25, -0.2) is 0 Å². The number of nitrogens with zero attached hydrogens (tertiary/aromatic N) is 1. The fourth-order valence-corrected chi connectivity index (χ4v) is 5.47. The molecule has 2 aliphatic rings. The first kappa shape index (κ1) is 22.8. The van der Waals surface area contributed by atoms with E-state index in [0.717, 1.165) is 24.8 Å². The number of nitrogens with two attached hydrogens (primary N) is 1. The summed E-state index contributed by atoms with van der Waals surface area (Å²) >= 11 is 0. The van der Waals surface area contributed by atoms with E-state index in [1.165, 1.54) is 0 Å². The topological polar surface area (TPSA) is 96.0 Å². The van der Waals surface area contributed by atoms with Crippen molar-refractivity contribution in [2.75, 3.05) is 13.2 Å². The van der Waals surface area contributed by atoms with Crippen LogP contribution in [0, 0.1) is 5.41 Å². The Balaban J connectivity index is 1.70. The van der Waals surface area contributed by atoms with Crippen molar-refractivity contribution in [1.82, 2.24) is 4.90 Å². The number of aliphatic hydroxyl groups excluding tert-OH is 2. The van der Waals surface area contributed by atoms with Crippen molar-refractivity contribution in [1.29, 1.82) is 0 Å². The molecule has 6 heteroatoms. The molecular formula is C26H34N2O4. The monoisotopic (exact) mass is 438 g/mol. The molecule has 0 radical (unpaired) electrons. The summed E-state index contributed by atoms with van der Waals surface area (Å²) in [4.78, 5) is 15.9. The number of carbonyl (C=O) groups is 1. The minimum atomic E-state index is -0.870. The van der Waals surface area contributed by atoms with Gasteiger partial charge in [0.2, 0.25) is 0 Å². The highest BCUT2D eigenvalue weighted by atomic mass is 16.5. The number of fused-ring (bicyclic) bond motifs is 1. The SMILES string of the molecule is C[C@@]12C[C@H](c3ccccc3)N(C(=O)c3cccc(OCCCN)c3)[C@@H]1CCC[C@@H](O)[C@@H]2O. The van der Waals surface area contributed by atoms with Crippen LogP contribution in [0.2, 0.25) is 0 Å². The Labute approximate surface area is 190 Å². The average molecular weight is 439 g/mol. The molecular weight excluding hydrogens is 404 g/mol. The first-order valence-electron chi connectivity index (χ1n) is 11.6. The fourth-order valence-electron chi connectivity index (χ4n) is 5.47. The third kappa shape index (κ3) is 4.27. The fraction of sp³-hybridized carbons (Fsp3) is 0.500. The number of rotatable bonds is 6. The lowest BCUT2D eigenvalue weighted by Crippen LogP contribution is -2.49. The molecule has 5 atom stereocenters. The molecule has 4 rings (SSSR count). The Morgan fingerprint density at radius 3 is 2.69 bits per heavy atom. The number of likely N-dealkylation sites (tertiary alicyclic amines) is 1. The van der Waals surface area contributed by atoms with E-state index in [0.29, 0.717) is 37.3 Å². The number of ether oxygens (including phenoxy) is 1. The second-order valence-electron chi connectivity index (χ2n) is 9.33. The molecule has 0 spiro atoms. The maximum atomic E-state index is 13.9. The van der Waals surface area contributed by atoms with Crippen molar-refractivity contribution >= 4 is 5.91 Å². The Bertz CT molecular complexity index is 921. The highest BCUT2D eigenvalue weighted by Crippen LogP contribution is 2.53. The van der Waals surface area contributed by atoms with Gasteiger partial charge in [0, 0.05) is 17.0 Å². The van der Waals surface area contributed by atoms with Crippen molar-refractivity contribution in [2.24, 2.45) is 11.1 Å². The molecule has 1 aliphatic heterocycles. The number of carbonyl (C=O) groups excluding carboxylic acids is 1. The number of benzene rings is 2. The molecule has 0 unspecified atom stereocenters. The van der Waals surface area contributed by atoms with E-state index < -0.39 is 17.6 Å². The summed E-state index contributed by atoms with van der Waals surface area (Å²) in [5, 5.41) is 21.6. The average Bonchev–Trinajstić information content (AvgIpc) is 3.07. The molecule has 2 aromatic rings. The predicted molar refractivity (Wildman–Crippen MR) is 123 cm³/mol. The highest BCUT2D eigenvalue weighted by molar-refractivity contribution is 5.95. The summed E-state index contributed by atoms with van der Waals surface area (Å²) in [7, 11) is 0. The molecule has 4 N–H and O–H groups in total. The summed E-state index contributed by atoms with van der Waals surface area (Å²) < 4.78 is 5.77. The molecule has 32 heavy (non-hydrogen) atoms. The van der Waals surface area contributed by atoms with Gasteiger partial charge in [0.1, 0.15) is 5.75 Å². The first-order chi connectivity index (χ1) is 15.5. The van der Waals surface area contributed by atoms with E-state index in [1.807, 2.05) is 60.4 Å². The normalized spacial score (nSPS) is 29.9. The van der Waals surface area contributed by atoms with Crippen LogP contribution in [0.4, 0.5) is 0 Å². The van der Waals surface area contributed by atoms with Crippen LogP contribution in [0.25, 0.3) is 0 Å². The molecule has 1 saturated carbocycles. The van der Waals surface area contributed by atoms with E-state index in [4.69, 9.17) is 10.5 Å². The van der Waals surface area contributed by atoms with Crippen molar-refractivity contribution < 1.29 is 19.7 Å². The summed E-state index contributed by atoms with van der Waals surface area (Å²) in [6.07, 6.45) is 1.80. The van der Waals surface area contributed by atoms with E-state index in [-0.39, 0.29) is 18.0 Å². The second kappa shape index (κ2) is 9.61. The molecule has 2 fully saturated rings. The standard InChI is InChI=1S/C26H34N2O4/c1-26-17-21(18-8-3-2-4-9-18)28(23(26)13-6-12-22(29)24(26)30)25(31)19-10-5-11-20(16-19)32-15-7-14-27/h2-5,8-11,16,21-24,29-30H,6-7,12-15,17,27H2,1H3/t21-,22-,23-,24+,26-/m1/s1. The van der Waals surface area contributed by atoms with Gasteiger partial charge in [-0.1, -0.05) is 43.3 Å². The largest absolute Gasteiger partial charge is 0.494 e. The van der Waals surface area contributed by atoms with Gasteiger partial charge in [0.05, 0.1) is 24.9 Å². The maximum absolute atomic E-state index is 13.9. The van der Waals surface area contributed by atoms with E-state index in [2.05, 4.69) is 0 Å². The van der Waals surface area contributed by atoms with Gasteiger partial charge in [-0.3, -0.25) is 4.79 Å². The molecule has 1 amide bonds. The zero-order valence-corrected chi connectivity index (χ0v) is 18.7. The van der Waals surface area contributed by atoms with Gasteiger partial charge in [0.25, 0.3) is 5.91 Å². The van der Waals surface area contributed by atoms with E-state index in [9.17, 15) is 15.0 Å². The predicted octanol–water partition coefficient (Wildman–Crippen LogP) is 3.28. The van der Waals surface area contributed by atoms with Gasteiger partial charge in [-0.05, 0) is 62.4 Å². The quantitative estimate of drug-likeness (QED) is 0.602. The third-order valence-corrected chi connectivity index (χ3v) is 7.20. The molecule has 0 bridgehead atoms. The lowest BCUT2D eigenvalue weighted by Gasteiger charge is -2.38. The van der Waals surface area contributed by atoms with Crippen molar-refractivity contribution in [3.63, 3.8) is 0 Å². The zero-order chi connectivity index (χ0) is 22.7. The Morgan fingerprint density at radius 2 is 1.94 bits per heavy atom. The second-order valence-corrected chi connectivity index (χ2v) is 9.33. The molecule has 2 aromatic carbocycles. The van der Waals surface area contributed by atoms with Gasteiger partial charge in [0.15, 0.2) is 0 Å². The molecule has 172 valence electrons. The summed E-state index contributed by atoms with van der Waals surface area (Å²) in [6, 6.07) is 17.0. The Kier molecular flexibility index (Phi) is 6.84. The van der Waals surface area contributed by atoms with Crippen LogP contribution < -0.4 is 10.5 Å². The van der Waals surface area contributed by atoms with Gasteiger partial charge in [-0.2, -0.15) is 0 Å². The smallest absolute Gasteiger partial charge is 0.254 e. The van der Waals surface area contributed by atoms with Gasteiger partial charge < -0.3 is 25.6 Å². The van der Waals surface area contributed by atoms with Crippen LogP contribution >= 0.6 is 0 Å². The number of amides is 1. The van der Waals surface area contributed by atoms with Crippen LogP contribution in [0.15, 0.2) is 54.6 Å². The maximum Gasteiger partial charge on any atom is 0.254 e.